The lowest BCUT2D eigenvalue weighted by Crippen LogP contribution is -2.49. The van der Waals surface area contributed by atoms with Crippen LogP contribution in [0.4, 0.5) is 0 Å². The molecule has 0 aromatic heterocycles. The highest BCUT2D eigenvalue weighted by atomic mass is 32.2. The first-order chi connectivity index (χ1) is 9.99. The predicted molar refractivity (Wildman–Crippen MR) is 90.0 cm³/mol. The van der Waals surface area contributed by atoms with Crippen LogP contribution in [0.2, 0.25) is 0 Å². The molecule has 1 N–H and O–H groups in total. The van der Waals surface area contributed by atoms with Crippen molar-refractivity contribution in [2.75, 3.05) is 20.3 Å². The fourth-order valence-corrected chi connectivity index (χ4v) is 6.04. The topological polar surface area (TPSA) is 38.3 Å². The molecule has 1 aliphatic carbocycles. The van der Waals surface area contributed by atoms with Crippen LogP contribution in [0.3, 0.4) is 0 Å². The van der Waals surface area contributed by atoms with Gasteiger partial charge in [0.2, 0.25) is 0 Å². The minimum Gasteiger partial charge on any atom is -0.381 e. The molecule has 2 aliphatic rings. The van der Waals surface area contributed by atoms with E-state index in [1.54, 1.807) is 0 Å². The molecular formula is C17H33NO2S. The summed E-state index contributed by atoms with van der Waals surface area (Å²) in [7, 11) is 1.31. The summed E-state index contributed by atoms with van der Waals surface area (Å²) < 4.78 is 18.5. The first-order valence-corrected chi connectivity index (χ1v) is 9.91. The van der Waals surface area contributed by atoms with Crippen LogP contribution in [0.1, 0.15) is 59.3 Å². The van der Waals surface area contributed by atoms with Gasteiger partial charge in [-0.25, -0.2) is 0 Å². The molecule has 4 unspecified atom stereocenters. The van der Waals surface area contributed by atoms with Gasteiger partial charge in [-0.1, -0.05) is 27.2 Å². The molecule has 1 saturated heterocycles. The SMILES string of the molecule is CCC(C)(C)C1CCC(NC)C(S(=O)C2CCOCC2)C1. The minimum atomic E-state index is -0.723. The molecule has 0 aromatic rings. The highest BCUT2D eigenvalue weighted by Gasteiger charge is 2.41. The molecule has 0 radical (unpaired) electrons. The summed E-state index contributed by atoms with van der Waals surface area (Å²) in [4.78, 5) is 0. The predicted octanol–water partition coefficient (Wildman–Crippen LogP) is 3.11. The Bertz CT molecular complexity index is 353. The molecule has 2 rings (SSSR count). The van der Waals surface area contributed by atoms with Gasteiger partial charge in [0.25, 0.3) is 0 Å². The van der Waals surface area contributed by atoms with Crippen LogP contribution in [0.25, 0.3) is 0 Å². The van der Waals surface area contributed by atoms with Crippen molar-refractivity contribution in [3.63, 3.8) is 0 Å². The Kier molecular flexibility index (Phi) is 6.27. The first kappa shape index (κ1) is 17.4. The largest absolute Gasteiger partial charge is 0.381 e. The summed E-state index contributed by atoms with van der Waals surface area (Å²) in [6, 6.07) is 0.428. The zero-order valence-electron chi connectivity index (χ0n) is 14.2. The van der Waals surface area contributed by atoms with Crippen LogP contribution in [0.15, 0.2) is 0 Å². The van der Waals surface area contributed by atoms with Gasteiger partial charge in [0.15, 0.2) is 0 Å². The molecule has 0 bridgehead atoms. The van der Waals surface area contributed by atoms with Crippen molar-refractivity contribution >= 4 is 10.8 Å². The van der Waals surface area contributed by atoms with E-state index in [4.69, 9.17) is 4.74 Å². The van der Waals surface area contributed by atoms with E-state index in [0.29, 0.717) is 27.9 Å². The highest BCUT2D eigenvalue weighted by molar-refractivity contribution is 7.86. The maximum Gasteiger partial charge on any atom is 0.0506 e. The third-order valence-electron chi connectivity index (χ3n) is 5.97. The van der Waals surface area contributed by atoms with Gasteiger partial charge in [0.1, 0.15) is 0 Å². The van der Waals surface area contributed by atoms with E-state index < -0.39 is 10.8 Å². The van der Waals surface area contributed by atoms with E-state index in [-0.39, 0.29) is 0 Å². The monoisotopic (exact) mass is 315 g/mol. The van der Waals surface area contributed by atoms with E-state index in [2.05, 4.69) is 26.1 Å². The molecule has 124 valence electrons. The van der Waals surface area contributed by atoms with Gasteiger partial charge in [-0.3, -0.25) is 4.21 Å². The van der Waals surface area contributed by atoms with Crippen LogP contribution < -0.4 is 5.32 Å². The number of nitrogens with one attached hydrogen (secondary N) is 1. The lowest BCUT2D eigenvalue weighted by molar-refractivity contribution is 0.0983. The van der Waals surface area contributed by atoms with Gasteiger partial charge in [0, 0.05) is 35.3 Å². The van der Waals surface area contributed by atoms with Gasteiger partial charge < -0.3 is 10.1 Å². The summed E-state index contributed by atoms with van der Waals surface area (Å²) in [5.74, 6) is 0.709. The Morgan fingerprint density at radius 1 is 1.19 bits per heavy atom. The minimum absolute atomic E-state index is 0.322. The molecule has 1 saturated carbocycles. The Balaban J connectivity index is 2.07. The molecule has 0 aromatic carbocycles. The zero-order chi connectivity index (χ0) is 15.5. The quantitative estimate of drug-likeness (QED) is 0.847. The van der Waals surface area contributed by atoms with E-state index in [1.807, 2.05) is 7.05 Å². The first-order valence-electron chi connectivity index (χ1n) is 8.64. The summed E-state index contributed by atoms with van der Waals surface area (Å²) in [6.45, 7) is 8.63. The van der Waals surface area contributed by atoms with Crippen molar-refractivity contribution in [3.05, 3.63) is 0 Å². The number of ether oxygens (including phenoxy) is 1. The normalized spacial score (nSPS) is 33.8. The Morgan fingerprint density at radius 3 is 2.43 bits per heavy atom. The average Bonchev–Trinajstić information content (AvgIpc) is 2.54. The Morgan fingerprint density at radius 2 is 1.86 bits per heavy atom. The highest BCUT2D eigenvalue weighted by Crippen LogP contribution is 2.42. The Labute approximate surface area is 133 Å². The lowest BCUT2D eigenvalue weighted by atomic mass is 9.68. The molecule has 0 amide bonds. The van der Waals surface area contributed by atoms with Crippen molar-refractivity contribution in [1.29, 1.82) is 0 Å². The van der Waals surface area contributed by atoms with Gasteiger partial charge in [-0.15, -0.1) is 0 Å². The summed E-state index contributed by atoms with van der Waals surface area (Å²) >= 11 is 0. The third kappa shape index (κ3) is 4.08. The van der Waals surface area contributed by atoms with E-state index in [9.17, 15) is 4.21 Å². The fraction of sp³-hybridized carbons (Fsp3) is 1.00. The third-order valence-corrected chi connectivity index (χ3v) is 8.22. The second-order valence-electron chi connectivity index (χ2n) is 7.43. The van der Waals surface area contributed by atoms with Crippen LogP contribution in [0.5, 0.6) is 0 Å². The van der Waals surface area contributed by atoms with Crippen molar-refractivity contribution in [2.24, 2.45) is 11.3 Å². The van der Waals surface area contributed by atoms with Crippen molar-refractivity contribution in [2.45, 2.75) is 75.8 Å². The number of hydrogen-bond acceptors (Lipinski definition) is 3. The molecule has 2 fully saturated rings. The molecule has 3 nitrogen and oxygen atoms in total. The van der Waals surface area contributed by atoms with E-state index in [1.165, 1.54) is 19.3 Å². The van der Waals surface area contributed by atoms with Crippen molar-refractivity contribution < 1.29 is 8.95 Å². The van der Waals surface area contributed by atoms with E-state index in [0.717, 1.165) is 32.5 Å². The van der Waals surface area contributed by atoms with Gasteiger partial charge in [-0.2, -0.15) is 0 Å². The smallest absolute Gasteiger partial charge is 0.0506 e. The molecule has 1 aliphatic heterocycles. The van der Waals surface area contributed by atoms with Crippen molar-refractivity contribution in [1.82, 2.24) is 5.32 Å². The molecular weight excluding hydrogens is 282 g/mol. The van der Waals surface area contributed by atoms with Crippen LogP contribution in [0, 0.1) is 11.3 Å². The summed E-state index contributed by atoms with van der Waals surface area (Å²) in [6.07, 6.45) is 6.72. The second-order valence-corrected chi connectivity index (χ2v) is 9.36. The fourth-order valence-electron chi connectivity index (χ4n) is 3.87. The summed E-state index contributed by atoms with van der Waals surface area (Å²) in [5.41, 5.74) is 0.372. The standard InChI is InChI=1S/C17H33NO2S/c1-5-17(2,3)13-6-7-15(18-4)16(12-13)21(19)14-8-10-20-11-9-14/h13-16,18H,5-12H2,1-4H3. The Hall–Kier alpha value is 0.0700. The molecule has 4 atom stereocenters. The van der Waals surface area contributed by atoms with Gasteiger partial charge >= 0.3 is 0 Å². The maximum absolute atomic E-state index is 13.1. The van der Waals surface area contributed by atoms with Gasteiger partial charge in [0.05, 0.1) is 5.25 Å². The second kappa shape index (κ2) is 7.56. The molecule has 21 heavy (non-hydrogen) atoms. The number of hydrogen-bond donors (Lipinski definition) is 1. The molecule has 1 heterocycles. The van der Waals surface area contributed by atoms with Crippen LogP contribution >= 0.6 is 0 Å². The maximum atomic E-state index is 13.1. The van der Waals surface area contributed by atoms with Crippen LogP contribution in [-0.2, 0) is 15.5 Å². The van der Waals surface area contributed by atoms with Crippen molar-refractivity contribution in [3.8, 4) is 0 Å². The molecule has 4 heteroatoms. The zero-order valence-corrected chi connectivity index (χ0v) is 15.0. The van der Waals surface area contributed by atoms with Gasteiger partial charge in [-0.05, 0) is 50.5 Å². The molecule has 0 spiro atoms. The van der Waals surface area contributed by atoms with Crippen LogP contribution in [-0.4, -0.2) is 41.0 Å². The average molecular weight is 316 g/mol. The lowest BCUT2D eigenvalue weighted by Gasteiger charge is -2.43. The number of rotatable bonds is 5. The van der Waals surface area contributed by atoms with E-state index >= 15 is 0 Å². The summed E-state index contributed by atoms with van der Waals surface area (Å²) in [5, 5.41) is 4.11.